The maximum Gasteiger partial charge on any atom is 0.266 e. The molecule has 9 heteroatoms. The van der Waals surface area contributed by atoms with Gasteiger partial charge in [0.15, 0.2) is 5.82 Å². The fourth-order valence-corrected chi connectivity index (χ4v) is 4.27. The quantitative estimate of drug-likeness (QED) is 0.883. The Labute approximate surface area is 128 Å². The van der Waals surface area contributed by atoms with Gasteiger partial charge >= 0.3 is 0 Å². The van der Waals surface area contributed by atoms with E-state index in [0.29, 0.717) is 4.47 Å². The van der Waals surface area contributed by atoms with Crippen molar-refractivity contribution >= 4 is 55.0 Å². The van der Waals surface area contributed by atoms with Crippen LogP contribution in [0, 0.1) is 0 Å². The molecule has 1 aromatic carbocycles. The van der Waals surface area contributed by atoms with Crippen molar-refractivity contribution in [3.05, 3.63) is 45.0 Å². The number of aromatic nitrogens is 2. The lowest BCUT2D eigenvalue weighted by Crippen LogP contribution is -2.15. The fourth-order valence-electron chi connectivity index (χ4n) is 1.33. The lowest BCUT2D eigenvalue weighted by molar-refractivity contribution is 0.601. The number of benzene rings is 1. The molecule has 1 N–H and O–H groups in total. The SMILES string of the molecule is O=S(=O)(Nc1cccnn1)c1c(Cl)cc(Br)cc1Cl. The lowest BCUT2D eigenvalue weighted by atomic mass is 10.4. The van der Waals surface area contributed by atoms with Crippen LogP contribution in [0.25, 0.3) is 0 Å². The van der Waals surface area contributed by atoms with Gasteiger partial charge in [-0.25, -0.2) is 8.42 Å². The summed E-state index contributed by atoms with van der Waals surface area (Å²) in [5.74, 6) is 0.0811. The predicted octanol–water partition coefficient (Wildman–Crippen LogP) is 3.35. The Morgan fingerprint density at radius 3 is 2.37 bits per heavy atom. The lowest BCUT2D eigenvalue weighted by Gasteiger charge is -2.10. The Hall–Kier alpha value is -0.890. The molecule has 2 aromatic rings. The van der Waals surface area contributed by atoms with Crippen LogP contribution in [0.5, 0.6) is 0 Å². The maximum absolute atomic E-state index is 12.2. The molecular weight excluding hydrogens is 377 g/mol. The summed E-state index contributed by atoms with van der Waals surface area (Å²) in [5, 5.41) is 7.22. The van der Waals surface area contributed by atoms with E-state index in [9.17, 15) is 8.42 Å². The van der Waals surface area contributed by atoms with Crippen LogP contribution in [0.2, 0.25) is 10.0 Å². The third kappa shape index (κ3) is 3.36. The van der Waals surface area contributed by atoms with Crippen LogP contribution in [0.3, 0.4) is 0 Å². The Morgan fingerprint density at radius 1 is 1.21 bits per heavy atom. The van der Waals surface area contributed by atoms with Crippen molar-refractivity contribution in [1.82, 2.24) is 10.2 Å². The first kappa shape index (κ1) is 14.5. The molecule has 100 valence electrons. The van der Waals surface area contributed by atoms with E-state index < -0.39 is 10.0 Å². The number of anilines is 1. The second-order valence-electron chi connectivity index (χ2n) is 3.41. The van der Waals surface area contributed by atoms with E-state index in [0.717, 1.165) is 0 Å². The number of hydrogen-bond acceptors (Lipinski definition) is 4. The predicted molar refractivity (Wildman–Crippen MR) is 77.0 cm³/mol. The van der Waals surface area contributed by atoms with E-state index in [2.05, 4.69) is 30.8 Å². The van der Waals surface area contributed by atoms with Crippen molar-refractivity contribution in [2.24, 2.45) is 0 Å². The summed E-state index contributed by atoms with van der Waals surface area (Å²) in [6, 6.07) is 5.90. The first-order chi connectivity index (χ1) is 8.90. The summed E-state index contributed by atoms with van der Waals surface area (Å²) in [6.45, 7) is 0. The summed E-state index contributed by atoms with van der Waals surface area (Å²) < 4.78 is 27.2. The number of halogens is 3. The zero-order chi connectivity index (χ0) is 14.0. The maximum atomic E-state index is 12.2. The molecule has 0 aliphatic heterocycles. The monoisotopic (exact) mass is 381 g/mol. The minimum Gasteiger partial charge on any atom is -0.262 e. The first-order valence-corrected chi connectivity index (χ1v) is 7.88. The molecule has 0 amide bonds. The number of nitrogens with zero attached hydrogens (tertiary/aromatic N) is 2. The van der Waals surface area contributed by atoms with E-state index in [1.54, 1.807) is 6.07 Å². The highest BCUT2D eigenvalue weighted by Gasteiger charge is 2.23. The zero-order valence-electron chi connectivity index (χ0n) is 9.14. The normalized spacial score (nSPS) is 11.3. The molecule has 0 fully saturated rings. The summed E-state index contributed by atoms with van der Waals surface area (Å²) >= 11 is 15.0. The summed E-state index contributed by atoms with van der Waals surface area (Å²) in [5.41, 5.74) is 0. The largest absolute Gasteiger partial charge is 0.266 e. The third-order valence-electron chi connectivity index (χ3n) is 2.04. The average Bonchev–Trinajstić information content (AvgIpc) is 2.27. The molecule has 0 unspecified atom stereocenters. The Kier molecular flexibility index (Phi) is 4.29. The van der Waals surface area contributed by atoms with E-state index in [1.165, 1.54) is 24.4 Å². The van der Waals surface area contributed by atoms with Gasteiger partial charge in [-0.1, -0.05) is 39.1 Å². The van der Waals surface area contributed by atoms with Crippen LogP contribution >= 0.6 is 39.1 Å². The van der Waals surface area contributed by atoms with Gasteiger partial charge in [0.2, 0.25) is 0 Å². The van der Waals surface area contributed by atoms with Crippen LogP contribution in [-0.4, -0.2) is 18.6 Å². The van der Waals surface area contributed by atoms with E-state index >= 15 is 0 Å². The highest BCUT2D eigenvalue weighted by molar-refractivity contribution is 9.10. The molecule has 0 bridgehead atoms. The molecule has 5 nitrogen and oxygen atoms in total. The van der Waals surface area contributed by atoms with Gasteiger partial charge in [-0.05, 0) is 24.3 Å². The van der Waals surface area contributed by atoms with Gasteiger partial charge < -0.3 is 0 Å². The van der Waals surface area contributed by atoms with E-state index in [4.69, 9.17) is 23.2 Å². The molecule has 19 heavy (non-hydrogen) atoms. The Morgan fingerprint density at radius 2 is 1.84 bits per heavy atom. The number of rotatable bonds is 3. The summed E-state index contributed by atoms with van der Waals surface area (Å²) in [4.78, 5) is -0.204. The summed E-state index contributed by atoms with van der Waals surface area (Å²) in [6.07, 6.45) is 1.43. The number of nitrogens with one attached hydrogen (secondary N) is 1. The van der Waals surface area contributed by atoms with Gasteiger partial charge in [0.1, 0.15) is 4.90 Å². The molecule has 2 rings (SSSR count). The van der Waals surface area contributed by atoms with Crippen LogP contribution < -0.4 is 4.72 Å². The highest BCUT2D eigenvalue weighted by atomic mass is 79.9. The molecule has 1 aromatic heterocycles. The molecule has 0 aliphatic rings. The summed E-state index contributed by atoms with van der Waals surface area (Å²) in [7, 11) is -3.93. The molecule has 0 spiro atoms. The van der Waals surface area contributed by atoms with Gasteiger partial charge in [-0.2, -0.15) is 5.10 Å². The smallest absolute Gasteiger partial charge is 0.262 e. The molecular formula is C10H6BrCl2N3O2S. The van der Waals surface area contributed by atoms with Gasteiger partial charge in [0, 0.05) is 10.7 Å². The van der Waals surface area contributed by atoms with Crippen molar-refractivity contribution in [2.45, 2.75) is 4.90 Å². The molecule has 0 saturated carbocycles. The van der Waals surface area contributed by atoms with Crippen LogP contribution in [0.1, 0.15) is 0 Å². The Bertz CT molecular complexity index is 687. The Balaban J connectivity index is 2.46. The second-order valence-corrected chi connectivity index (χ2v) is 6.76. The van der Waals surface area contributed by atoms with Crippen molar-refractivity contribution in [1.29, 1.82) is 0 Å². The molecule has 0 aliphatic carbocycles. The molecule has 0 radical (unpaired) electrons. The van der Waals surface area contributed by atoms with Crippen LogP contribution in [-0.2, 0) is 10.0 Å². The van der Waals surface area contributed by atoms with E-state index in [1.807, 2.05) is 0 Å². The van der Waals surface area contributed by atoms with Crippen molar-refractivity contribution in [3.63, 3.8) is 0 Å². The molecule has 1 heterocycles. The molecule has 0 saturated heterocycles. The number of sulfonamides is 1. The van der Waals surface area contributed by atoms with Crippen molar-refractivity contribution in [2.75, 3.05) is 4.72 Å². The average molecular weight is 383 g/mol. The zero-order valence-corrected chi connectivity index (χ0v) is 13.1. The second kappa shape index (κ2) is 5.62. The minimum absolute atomic E-state index is 0.00997. The van der Waals surface area contributed by atoms with Crippen LogP contribution in [0.15, 0.2) is 39.8 Å². The van der Waals surface area contributed by atoms with Gasteiger partial charge in [0.25, 0.3) is 10.0 Å². The van der Waals surface area contributed by atoms with Crippen LogP contribution in [0.4, 0.5) is 5.82 Å². The van der Waals surface area contributed by atoms with Gasteiger partial charge in [0.05, 0.1) is 10.0 Å². The highest BCUT2D eigenvalue weighted by Crippen LogP contribution is 2.33. The standard InChI is InChI=1S/C10H6BrCl2N3O2S/c11-6-4-7(12)10(8(13)5-6)19(17,18)16-9-2-1-3-14-15-9/h1-5H,(H,15,16). The third-order valence-corrected chi connectivity index (χ3v) is 4.78. The van der Waals surface area contributed by atoms with E-state index in [-0.39, 0.29) is 20.8 Å². The van der Waals surface area contributed by atoms with Crippen molar-refractivity contribution in [3.8, 4) is 0 Å². The molecule has 0 atom stereocenters. The van der Waals surface area contributed by atoms with Gasteiger partial charge in [-0.3, -0.25) is 4.72 Å². The number of hydrogen-bond donors (Lipinski definition) is 1. The van der Waals surface area contributed by atoms with Crippen molar-refractivity contribution < 1.29 is 8.42 Å². The fraction of sp³-hybridized carbons (Fsp3) is 0. The topological polar surface area (TPSA) is 72.0 Å². The van der Waals surface area contributed by atoms with Gasteiger partial charge in [-0.15, -0.1) is 5.10 Å². The first-order valence-electron chi connectivity index (χ1n) is 4.85. The minimum atomic E-state index is -3.93.